The van der Waals surface area contributed by atoms with Gasteiger partial charge in [-0.25, -0.2) is 0 Å². The Kier molecular flexibility index (Phi) is 3.44. The van der Waals surface area contributed by atoms with Gasteiger partial charge in [-0.05, 0) is 41.7 Å². The molecular weight excluding hydrogens is 206 g/mol. The van der Waals surface area contributed by atoms with Crippen LogP contribution in [0.4, 0.5) is 0 Å². The standard InChI is InChI=1S/C12H19NOS/c1-14-12(5-2-3-6-12)11(13)8-10-4-7-15-9-10/h4,7,9,11H,2-3,5-6,8,13H2,1H3. The highest BCUT2D eigenvalue weighted by Gasteiger charge is 2.39. The summed E-state index contributed by atoms with van der Waals surface area (Å²) >= 11 is 1.73. The van der Waals surface area contributed by atoms with Crippen LogP contribution in [0.25, 0.3) is 0 Å². The molecule has 1 aromatic rings. The Morgan fingerprint density at radius 3 is 2.80 bits per heavy atom. The maximum Gasteiger partial charge on any atom is 0.0832 e. The normalized spacial score (nSPS) is 21.7. The molecule has 2 N–H and O–H groups in total. The van der Waals surface area contributed by atoms with Gasteiger partial charge in [-0.3, -0.25) is 0 Å². The van der Waals surface area contributed by atoms with E-state index in [2.05, 4.69) is 16.8 Å². The van der Waals surface area contributed by atoms with Gasteiger partial charge in [0.2, 0.25) is 0 Å². The molecule has 0 radical (unpaired) electrons. The zero-order chi connectivity index (χ0) is 10.7. The lowest BCUT2D eigenvalue weighted by Crippen LogP contribution is -2.48. The lowest BCUT2D eigenvalue weighted by atomic mass is 9.89. The number of methoxy groups -OCH3 is 1. The summed E-state index contributed by atoms with van der Waals surface area (Å²) in [7, 11) is 1.80. The van der Waals surface area contributed by atoms with Gasteiger partial charge in [-0.15, -0.1) is 0 Å². The van der Waals surface area contributed by atoms with Crippen LogP contribution in [0.1, 0.15) is 31.2 Å². The van der Waals surface area contributed by atoms with Crippen molar-refractivity contribution in [3.63, 3.8) is 0 Å². The van der Waals surface area contributed by atoms with Gasteiger partial charge in [0.1, 0.15) is 0 Å². The lowest BCUT2D eigenvalue weighted by Gasteiger charge is -2.33. The number of nitrogens with two attached hydrogens (primary N) is 1. The fourth-order valence-corrected chi connectivity index (χ4v) is 3.23. The summed E-state index contributed by atoms with van der Waals surface area (Å²) in [5, 5.41) is 4.29. The van der Waals surface area contributed by atoms with Crippen molar-refractivity contribution >= 4 is 11.3 Å². The largest absolute Gasteiger partial charge is 0.377 e. The van der Waals surface area contributed by atoms with E-state index in [4.69, 9.17) is 10.5 Å². The van der Waals surface area contributed by atoms with Crippen molar-refractivity contribution in [3.05, 3.63) is 22.4 Å². The van der Waals surface area contributed by atoms with Gasteiger partial charge in [0.15, 0.2) is 0 Å². The quantitative estimate of drug-likeness (QED) is 0.854. The van der Waals surface area contributed by atoms with Crippen LogP contribution in [0.2, 0.25) is 0 Å². The molecule has 1 fully saturated rings. The van der Waals surface area contributed by atoms with Crippen molar-refractivity contribution < 1.29 is 4.74 Å². The third kappa shape index (κ3) is 2.25. The molecule has 0 aromatic carbocycles. The molecule has 3 heteroatoms. The second-order valence-electron chi connectivity index (χ2n) is 4.42. The molecule has 1 aliphatic rings. The molecule has 0 spiro atoms. The number of thiophene rings is 1. The zero-order valence-electron chi connectivity index (χ0n) is 9.24. The third-order valence-corrected chi connectivity index (χ3v) is 4.30. The van der Waals surface area contributed by atoms with E-state index < -0.39 is 0 Å². The second-order valence-corrected chi connectivity index (χ2v) is 5.20. The lowest BCUT2D eigenvalue weighted by molar-refractivity contribution is -0.0253. The maximum absolute atomic E-state index is 6.30. The van der Waals surface area contributed by atoms with Crippen molar-refractivity contribution in [1.29, 1.82) is 0 Å². The summed E-state index contributed by atoms with van der Waals surface area (Å²) in [6, 6.07) is 2.29. The highest BCUT2D eigenvalue weighted by molar-refractivity contribution is 7.07. The highest BCUT2D eigenvalue weighted by Crippen LogP contribution is 2.36. The minimum atomic E-state index is -0.0536. The first kappa shape index (κ1) is 11.1. The van der Waals surface area contributed by atoms with Gasteiger partial charge in [0.05, 0.1) is 5.60 Å². The average Bonchev–Trinajstić information content (AvgIpc) is 2.87. The van der Waals surface area contributed by atoms with Crippen molar-refractivity contribution in [2.45, 2.75) is 43.7 Å². The van der Waals surface area contributed by atoms with Crippen molar-refractivity contribution in [1.82, 2.24) is 0 Å². The van der Waals surface area contributed by atoms with Crippen LogP contribution in [-0.4, -0.2) is 18.8 Å². The third-order valence-electron chi connectivity index (χ3n) is 3.57. The van der Waals surface area contributed by atoms with Gasteiger partial charge in [0, 0.05) is 13.2 Å². The molecule has 0 amide bonds. The summed E-state index contributed by atoms with van der Waals surface area (Å²) in [6.07, 6.45) is 5.69. The van der Waals surface area contributed by atoms with E-state index >= 15 is 0 Å². The fraction of sp³-hybridized carbons (Fsp3) is 0.667. The summed E-state index contributed by atoms with van der Waals surface area (Å²) in [6.45, 7) is 0. The molecule has 15 heavy (non-hydrogen) atoms. The molecule has 0 aliphatic heterocycles. The van der Waals surface area contributed by atoms with Crippen LogP contribution in [0.5, 0.6) is 0 Å². The highest BCUT2D eigenvalue weighted by atomic mass is 32.1. The SMILES string of the molecule is COC1(C(N)Cc2ccsc2)CCCC1. The van der Waals surface area contributed by atoms with Crippen molar-refractivity contribution in [2.75, 3.05) is 7.11 Å². The molecule has 1 atom stereocenters. The van der Waals surface area contributed by atoms with Crippen LogP contribution >= 0.6 is 11.3 Å². The van der Waals surface area contributed by atoms with Gasteiger partial charge >= 0.3 is 0 Å². The Balaban J connectivity index is 2.02. The molecule has 0 bridgehead atoms. The van der Waals surface area contributed by atoms with Gasteiger partial charge < -0.3 is 10.5 Å². The maximum atomic E-state index is 6.30. The van der Waals surface area contributed by atoms with Gasteiger partial charge in [-0.1, -0.05) is 12.8 Å². The fourth-order valence-electron chi connectivity index (χ4n) is 2.55. The summed E-state index contributed by atoms with van der Waals surface area (Å²) < 4.78 is 5.69. The predicted molar refractivity (Wildman–Crippen MR) is 64.2 cm³/mol. The molecule has 1 unspecified atom stereocenters. The van der Waals surface area contributed by atoms with Crippen LogP contribution in [0.15, 0.2) is 16.8 Å². The van der Waals surface area contributed by atoms with E-state index in [-0.39, 0.29) is 11.6 Å². The minimum Gasteiger partial charge on any atom is -0.377 e. The Morgan fingerprint density at radius 2 is 2.27 bits per heavy atom. The van der Waals surface area contributed by atoms with Crippen molar-refractivity contribution in [3.8, 4) is 0 Å². The monoisotopic (exact) mass is 225 g/mol. The summed E-state index contributed by atoms with van der Waals surface area (Å²) in [5.41, 5.74) is 7.59. The number of ether oxygens (including phenoxy) is 1. The predicted octanol–water partition coefficient (Wildman–Crippen LogP) is 2.58. The molecule has 2 nitrogen and oxygen atoms in total. The number of hydrogen-bond donors (Lipinski definition) is 1. The van der Waals surface area contributed by atoms with Crippen LogP contribution < -0.4 is 5.73 Å². The number of hydrogen-bond acceptors (Lipinski definition) is 3. The summed E-state index contributed by atoms with van der Waals surface area (Å²) in [5.74, 6) is 0. The Bertz CT molecular complexity index is 291. The molecule has 0 saturated heterocycles. The van der Waals surface area contributed by atoms with E-state index in [1.807, 2.05) is 0 Å². The molecule has 84 valence electrons. The Labute approximate surface area is 95.4 Å². The average molecular weight is 225 g/mol. The van der Waals surface area contributed by atoms with E-state index in [9.17, 15) is 0 Å². The van der Waals surface area contributed by atoms with Crippen LogP contribution in [0.3, 0.4) is 0 Å². The minimum absolute atomic E-state index is 0.0536. The van der Waals surface area contributed by atoms with Gasteiger partial charge in [-0.2, -0.15) is 11.3 Å². The molecule has 1 saturated carbocycles. The first-order chi connectivity index (χ1) is 7.27. The summed E-state index contributed by atoms with van der Waals surface area (Å²) in [4.78, 5) is 0. The van der Waals surface area contributed by atoms with Gasteiger partial charge in [0.25, 0.3) is 0 Å². The van der Waals surface area contributed by atoms with Crippen molar-refractivity contribution in [2.24, 2.45) is 5.73 Å². The Morgan fingerprint density at radius 1 is 1.53 bits per heavy atom. The first-order valence-electron chi connectivity index (χ1n) is 5.59. The van der Waals surface area contributed by atoms with E-state index in [0.29, 0.717) is 0 Å². The molecular formula is C12H19NOS. The molecule has 1 heterocycles. The number of rotatable bonds is 4. The molecule has 2 rings (SSSR count). The Hall–Kier alpha value is -0.380. The molecule has 1 aliphatic carbocycles. The topological polar surface area (TPSA) is 35.2 Å². The van der Waals surface area contributed by atoms with Crippen LogP contribution in [-0.2, 0) is 11.2 Å². The first-order valence-corrected chi connectivity index (χ1v) is 6.53. The van der Waals surface area contributed by atoms with E-state index in [1.54, 1.807) is 18.4 Å². The zero-order valence-corrected chi connectivity index (χ0v) is 10.1. The molecule has 1 aromatic heterocycles. The smallest absolute Gasteiger partial charge is 0.0832 e. The van der Waals surface area contributed by atoms with E-state index in [1.165, 1.54) is 18.4 Å². The van der Waals surface area contributed by atoms with E-state index in [0.717, 1.165) is 19.3 Å². The van der Waals surface area contributed by atoms with Crippen LogP contribution in [0, 0.1) is 0 Å². The second kappa shape index (κ2) is 4.64.